The Morgan fingerprint density at radius 1 is 1.47 bits per heavy atom. The molecule has 0 aromatic rings. The van der Waals surface area contributed by atoms with E-state index in [9.17, 15) is 9.59 Å². The minimum atomic E-state index is -0.492. The number of hydrogen-bond donors (Lipinski definition) is 3. The van der Waals surface area contributed by atoms with Crippen molar-refractivity contribution in [1.29, 1.82) is 0 Å². The standard InChI is InChI=1S/C10H19N3O2/c1-6(13-7(2)14)10(15)12-5-9(11)8-3-4-8/h6,8-9H,3-5,11H2,1-2H3,(H,12,15)(H,13,14). The van der Waals surface area contributed by atoms with Crippen molar-refractivity contribution in [3.05, 3.63) is 0 Å². The van der Waals surface area contributed by atoms with Gasteiger partial charge in [0.25, 0.3) is 0 Å². The van der Waals surface area contributed by atoms with Crippen LogP contribution >= 0.6 is 0 Å². The molecule has 1 aliphatic rings. The lowest BCUT2D eigenvalue weighted by molar-refractivity contribution is -0.127. The van der Waals surface area contributed by atoms with E-state index in [2.05, 4.69) is 10.6 Å². The van der Waals surface area contributed by atoms with E-state index in [1.54, 1.807) is 6.92 Å². The average Bonchev–Trinajstić information content (AvgIpc) is 2.95. The third-order valence-electron chi connectivity index (χ3n) is 2.55. The molecule has 86 valence electrons. The number of nitrogens with one attached hydrogen (secondary N) is 2. The lowest BCUT2D eigenvalue weighted by atomic mass is 10.2. The molecule has 0 aliphatic heterocycles. The first-order chi connectivity index (χ1) is 7.00. The van der Waals surface area contributed by atoms with Crippen molar-refractivity contribution >= 4 is 11.8 Å². The minimum Gasteiger partial charge on any atom is -0.353 e. The number of nitrogens with two attached hydrogens (primary N) is 1. The second kappa shape index (κ2) is 5.11. The summed E-state index contributed by atoms with van der Waals surface area (Å²) in [6.07, 6.45) is 2.33. The predicted molar refractivity (Wildman–Crippen MR) is 57.0 cm³/mol. The van der Waals surface area contributed by atoms with Gasteiger partial charge in [-0.05, 0) is 25.7 Å². The van der Waals surface area contributed by atoms with E-state index in [0.717, 1.165) is 12.8 Å². The van der Waals surface area contributed by atoms with Crippen molar-refractivity contribution in [2.45, 2.75) is 38.8 Å². The highest BCUT2D eigenvalue weighted by molar-refractivity contribution is 5.86. The molecule has 1 saturated carbocycles. The molecule has 5 heteroatoms. The SMILES string of the molecule is CC(=O)NC(C)C(=O)NCC(N)C1CC1. The predicted octanol–water partition coefficient (Wildman–Crippen LogP) is -0.635. The van der Waals surface area contributed by atoms with Gasteiger partial charge in [-0.25, -0.2) is 0 Å². The number of amides is 2. The normalized spacial score (nSPS) is 19.1. The smallest absolute Gasteiger partial charge is 0.242 e. The zero-order valence-electron chi connectivity index (χ0n) is 9.25. The van der Waals surface area contributed by atoms with Crippen LogP contribution < -0.4 is 16.4 Å². The third-order valence-corrected chi connectivity index (χ3v) is 2.55. The molecule has 1 rings (SSSR count). The van der Waals surface area contributed by atoms with Crippen LogP contribution in [0.15, 0.2) is 0 Å². The van der Waals surface area contributed by atoms with Crippen molar-refractivity contribution in [2.75, 3.05) is 6.54 Å². The fourth-order valence-corrected chi connectivity index (χ4v) is 1.43. The summed E-state index contributed by atoms with van der Waals surface area (Å²) >= 11 is 0. The van der Waals surface area contributed by atoms with Gasteiger partial charge in [0.05, 0.1) is 0 Å². The molecule has 2 unspecified atom stereocenters. The molecule has 1 fully saturated rings. The molecule has 0 bridgehead atoms. The molecule has 0 spiro atoms. The van der Waals surface area contributed by atoms with E-state index in [1.165, 1.54) is 6.92 Å². The van der Waals surface area contributed by atoms with Crippen LogP contribution in [-0.4, -0.2) is 30.4 Å². The van der Waals surface area contributed by atoms with Crippen molar-refractivity contribution in [3.63, 3.8) is 0 Å². The molecule has 15 heavy (non-hydrogen) atoms. The Morgan fingerprint density at radius 3 is 2.53 bits per heavy atom. The van der Waals surface area contributed by atoms with Crippen LogP contribution in [0.3, 0.4) is 0 Å². The van der Waals surface area contributed by atoms with Crippen LogP contribution in [0.25, 0.3) is 0 Å². The van der Waals surface area contributed by atoms with Crippen molar-refractivity contribution < 1.29 is 9.59 Å². The average molecular weight is 213 g/mol. The quantitative estimate of drug-likeness (QED) is 0.568. The molecule has 0 saturated heterocycles. The van der Waals surface area contributed by atoms with Gasteiger partial charge in [0.1, 0.15) is 6.04 Å². The highest BCUT2D eigenvalue weighted by Gasteiger charge is 2.28. The van der Waals surface area contributed by atoms with Gasteiger partial charge in [0.2, 0.25) is 11.8 Å². The van der Waals surface area contributed by atoms with E-state index in [-0.39, 0.29) is 17.9 Å². The first-order valence-electron chi connectivity index (χ1n) is 5.31. The summed E-state index contributed by atoms with van der Waals surface area (Å²) in [5.41, 5.74) is 5.83. The van der Waals surface area contributed by atoms with Gasteiger partial charge < -0.3 is 16.4 Å². The number of hydrogen-bond acceptors (Lipinski definition) is 3. The largest absolute Gasteiger partial charge is 0.353 e. The Morgan fingerprint density at radius 2 is 2.07 bits per heavy atom. The maximum atomic E-state index is 11.4. The Bertz CT molecular complexity index is 251. The van der Waals surface area contributed by atoms with Crippen molar-refractivity contribution in [1.82, 2.24) is 10.6 Å². The van der Waals surface area contributed by atoms with Gasteiger partial charge in [0, 0.05) is 19.5 Å². The summed E-state index contributed by atoms with van der Waals surface area (Å²) in [5.74, 6) is 0.187. The summed E-state index contributed by atoms with van der Waals surface area (Å²) in [6, 6.07) is -0.438. The van der Waals surface area contributed by atoms with Gasteiger partial charge in [-0.2, -0.15) is 0 Å². The molecule has 1 aliphatic carbocycles. The van der Waals surface area contributed by atoms with Crippen LogP contribution in [0.5, 0.6) is 0 Å². The van der Waals surface area contributed by atoms with Crippen LogP contribution in [0.2, 0.25) is 0 Å². The number of rotatable bonds is 5. The van der Waals surface area contributed by atoms with Gasteiger partial charge in [-0.3, -0.25) is 9.59 Å². The molecule has 0 heterocycles. The van der Waals surface area contributed by atoms with Crippen LogP contribution in [-0.2, 0) is 9.59 Å². The summed E-state index contributed by atoms with van der Waals surface area (Å²) < 4.78 is 0. The Kier molecular flexibility index (Phi) is 4.08. The minimum absolute atomic E-state index is 0.0541. The fraction of sp³-hybridized carbons (Fsp3) is 0.800. The van der Waals surface area contributed by atoms with E-state index in [0.29, 0.717) is 12.5 Å². The van der Waals surface area contributed by atoms with E-state index < -0.39 is 6.04 Å². The maximum absolute atomic E-state index is 11.4. The maximum Gasteiger partial charge on any atom is 0.242 e. The first-order valence-corrected chi connectivity index (χ1v) is 5.31. The van der Waals surface area contributed by atoms with Crippen molar-refractivity contribution in [3.8, 4) is 0 Å². The van der Waals surface area contributed by atoms with Crippen LogP contribution in [0.1, 0.15) is 26.7 Å². The Hall–Kier alpha value is -1.10. The Balaban J connectivity index is 2.19. The monoisotopic (exact) mass is 213 g/mol. The summed E-state index contributed by atoms with van der Waals surface area (Å²) in [4.78, 5) is 22.1. The first kappa shape index (κ1) is 12.0. The topological polar surface area (TPSA) is 84.2 Å². The van der Waals surface area contributed by atoms with Crippen LogP contribution in [0, 0.1) is 5.92 Å². The summed E-state index contributed by atoms with van der Waals surface area (Å²) in [5, 5.41) is 5.25. The highest BCUT2D eigenvalue weighted by Crippen LogP contribution is 2.31. The zero-order chi connectivity index (χ0) is 11.4. The molecule has 2 atom stereocenters. The van der Waals surface area contributed by atoms with Crippen molar-refractivity contribution in [2.24, 2.45) is 11.7 Å². The molecule has 0 aromatic carbocycles. The lowest BCUT2D eigenvalue weighted by Gasteiger charge is -2.15. The van der Waals surface area contributed by atoms with Gasteiger partial charge >= 0.3 is 0 Å². The summed E-state index contributed by atoms with van der Waals surface area (Å²) in [6.45, 7) is 3.53. The van der Waals surface area contributed by atoms with E-state index >= 15 is 0 Å². The number of carbonyl (C=O) groups is 2. The molecule has 0 aromatic heterocycles. The summed E-state index contributed by atoms with van der Waals surface area (Å²) in [7, 11) is 0. The molecule has 5 nitrogen and oxygen atoms in total. The fourth-order valence-electron chi connectivity index (χ4n) is 1.43. The number of carbonyl (C=O) groups excluding carboxylic acids is 2. The van der Waals surface area contributed by atoms with E-state index in [4.69, 9.17) is 5.73 Å². The highest BCUT2D eigenvalue weighted by atomic mass is 16.2. The van der Waals surface area contributed by atoms with Gasteiger partial charge in [-0.15, -0.1) is 0 Å². The van der Waals surface area contributed by atoms with E-state index in [1.807, 2.05) is 0 Å². The van der Waals surface area contributed by atoms with Crippen LogP contribution in [0.4, 0.5) is 0 Å². The second-order valence-corrected chi connectivity index (χ2v) is 4.17. The third kappa shape index (κ3) is 4.29. The molecular weight excluding hydrogens is 194 g/mol. The zero-order valence-corrected chi connectivity index (χ0v) is 9.25. The molecule has 0 radical (unpaired) electrons. The second-order valence-electron chi connectivity index (χ2n) is 4.17. The Labute approximate surface area is 89.8 Å². The lowest BCUT2D eigenvalue weighted by Crippen LogP contribution is -2.47. The van der Waals surface area contributed by atoms with Gasteiger partial charge in [-0.1, -0.05) is 0 Å². The van der Waals surface area contributed by atoms with Gasteiger partial charge in [0.15, 0.2) is 0 Å². The molecule has 2 amide bonds. The molecular formula is C10H19N3O2. The molecule has 4 N–H and O–H groups in total.